The summed E-state index contributed by atoms with van der Waals surface area (Å²) in [6.45, 7) is 0. The van der Waals surface area contributed by atoms with Gasteiger partial charge >= 0.3 is 0 Å². The van der Waals surface area contributed by atoms with Gasteiger partial charge in [-0.15, -0.1) is 0 Å². The number of allylic oxidation sites excluding steroid dienone is 9. The molecule has 0 aromatic rings. The van der Waals surface area contributed by atoms with Crippen LogP contribution in [-0.2, 0) is 4.79 Å². The molecule has 1 heterocycles. The molecule has 15 heavy (non-hydrogen) atoms. The normalized spacial score (nSPS) is 29.5. The molecule has 74 valence electrons. The van der Waals surface area contributed by atoms with E-state index in [9.17, 15) is 4.79 Å². The molecule has 0 aromatic carbocycles. The number of fused-ring (bicyclic) bond motifs is 1. The monoisotopic (exact) mass is 197 g/mol. The van der Waals surface area contributed by atoms with Crippen LogP contribution in [0.4, 0.5) is 0 Å². The third kappa shape index (κ3) is 2.50. The Morgan fingerprint density at radius 3 is 2.87 bits per heavy atom. The summed E-state index contributed by atoms with van der Waals surface area (Å²) in [5.74, 6) is 0.110. The lowest BCUT2D eigenvalue weighted by molar-refractivity contribution is -0.113. The van der Waals surface area contributed by atoms with Crippen LogP contribution in [0.25, 0.3) is 0 Å². The van der Waals surface area contributed by atoms with Gasteiger partial charge in [0.1, 0.15) is 0 Å². The van der Waals surface area contributed by atoms with Crippen molar-refractivity contribution in [3.8, 4) is 0 Å². The fourth-order valence-electron chi connectivity index (χ4n) is 1.37. The Labute approximate surface area is 88.7 Å². The maximum atomic E-state index is 11.2. The van der Waals surface area contributed by atoms with Gasteiger partial charge in [-0.1, -0.05) is 30.4 Å². The third-order valence-electron chi connectivity index (χ3n) is 2.14. The van der Waals surface area contributed by atoms with Crippen molar-refractivity contribution in [1.82, 2.24) is 0 Å². The zero-order valence-electron chi connectivity index (χ0n) is 8.26. The molecule has 0 spiro atoms. The summed E-state index contributed by atoms with van der Waals surface area (Å²) in [5, 5.41) is 0. The first-order chi connectivity index (χ1) is 7.36. The highest BCUT2D eigenvalue weighted by atomic mass is 16.1. The molecule has 2 heteroatoms. The molecule has 0 unspecified atom stereocenters. The molecule has 0 amide bonds. The van der Waals surface area contributed by atoms with Gasteiger partial charge < -0.3 is 0 Å². The molecule has 0 aromatic heterocycles. The standard InChI is InChI=1S/C13H11NO/c15-12-6-2-1-5-11-9-10-14-13(11)8-4-3-7-12/h1-5,7-10H,6H2/b2-1-,7-3-,8-4-,11-5-. The number of hydrogen-bond donors (Lipinski definition) is 0. The summed E-state index contributed by atoms with van der Waals surface area (Å²) in [6.07, 6.45) is 17.0. The largest absolute Gasteiger partial charge is 0.295 e. The van der Waals surface area contributed by atoms with Gasteiger partial charge in [0.25, 0.3) is 0 Å². The zero-order chi connectivity index (χ0) is 10.5. The second-order valence-corrected chi connectivity index (χ2v) is 3.27. The Balaban J connectivity index is 2.30. The van der Waals surface area contributed by atoms with Gasteiger partial charge in [-0.25, -0.2) is 0 Å². The van der Waals surface area contributed by atoms with E-state index in [0.29, 0.717) is 6.42 Å². The van der Waals surface area contributed by atoms with Crippen molar-refractivity contribution < 1.29 is 4.79 Å². The van der Waals surface area contributed by atoms with Crippen molar-refractivity contribution in [3.63, 3.8) is 0 Å². The highest BCUT2D eigenvalue weighted by Crippen LogP contribution is 2.11. The third-order valence-corrected chi connectivity index (χ3v) is 2.14. The molecule has 0 N–H and O–H groups in total. The van der Waals surface area contributed by atoms with Crippen molar-refractivity contribution in [2.75, 3.05) is 0 Å². The fourth-order valence-corrected chi connectivity index (χ4v) is 1.37. The van der Waals surface area contributed by atoms with Gasteiger partial charge in [-0.2, -0.15) is 0 Å². The summed E-state index contributed by atoms with van der Waals surface area (Å²) in [5.41, 5.74) is 2.00. The summed E-state index contributed by atoms with van der Waals surface area (Å²) >= 11 is 0. The Kier molecular flexibility index (Phi) is 2.88. The lowest BCUT2D eigenvalue weighted by Gasteiger charge is -1.92. The summed E-state index contributed by atoms with van der Waals surface area (Å²) in [7, 11) is 0. The van der Waals surface area contributed by atoms with E-state index in [-0.39, 0.29) is 5.78 Å². The highest BCUT2D eigenvalue weighted by Gasteiger charge is 2.03. The molecule has 1 aliphatic carbocycles. The van der Waals surface area contributed by atoms with Crippen molar-refractivity contribution in [3.05, 3.63) is 60.4 Å². The molecule has 2 aliphatic rings. The second kappa shape index (κ2) is 4.51. The van der Waals surface area contributed by atoms with Gasteiger partial charge in [0.2, 0.25) is 0 Å². The summed E-state index contributed by atoms with van der Waals surface area (Å²) in [6, 6.07) is 0. The van der Waals surface area contributed by atoms with Gasteiger partial charge in [-0.3, -0.25) is 9.79 Å². The highest BCUT2D eigenvalue weighted by molar-refractivity contribution is 6.12. The Morgan fingerprint density at radius 1 is 1.07 bits per heavy atom. The minimum Gasteiger partial charge on any atom is -0.295 e. The quantitative estimate of drug-likeness (QED) is 0.586. The number of hydrogen-bond acceptors (Lipinski definition) is 2. The second-order valence-electron chi connectivity index (χ2n) is 3.27. The number of nitrogens with zero attached hydrogens (tertiary/aromatic N) is 1. The molecule has 0 radical (unpaired) electrons. The topological polar surface area (TPSA) is 29.4 Å². The molecule has 1 aliphatic heterocycles. The SMILES string of the molecule is O=C1/C=C\C=C/C2=NC=C/C2=C/C=C\C1. The van der Waals surface area contributed by atoms with Crippen LogP contribution in [0.1, 0.15) is 6.42 Å². The van der Waals surface area contributed by atoms with Crippen LogP contribution in [0.2, 0.25) is 0 Å². The van der Waals surface area contributed by atoms with Crippen LogP contribution in [-0.4, -0.2) is 11.5 Å². The van der Waals surface area contributed by atoms with Crippen molar-refractivity contribution in [1.29, 1.82) is 0 Å². The van der Waals surface area contributed by atoms with E-state index < -0.39 is 0 Å². The average molecular weight is 197 g/mol. The van der Waals surface area contributed by atoms with Crippen LogP contribution in [0.15, 0.2) is 65.4 Å². The Hall–Kier alpha value is -1.96. The van der Waals surface area contributed by atoms with Gasteiger partial charge in [-0.05, 0) is 18.2 Å². The first-order valence-corrected chi connectivity index (χ1v) is 4.85. The molecule has 0 saturated carbocycles. The molecule has 2 rings (SSSR count). The lowest BCUT2D eigenvalue weighted by Crippen LogP contribution is -1.90. The smallest absolute Gasteiger partial charge is 0.159 e. The fraction of sp³-hybridized carbons (Fsp3) is 0.0769. The van der Waals surface area contributed by atoms with Gasteiger partial charge in [0.05, 0.1) is 5.71 Å². The maximum absolute atomic E-state index is 11.2. The number of ketones is 1. The van der Waals surface area contributed by atoms with E-state index in [1.807, 2.05) is 36.5 Å². The van der Waals surface area contributed by atoms with Crippen LogP contribution in [0.3, 0.4) is 0 Å². The first kappa shape index (κ1) is 9.59. The molecule has 0 saturated heterocycles. The van der Waals surface area contributed by atoms with Gasteiger partial charge in [0.15, 0.2) is 5.78 Å². The first-order valence-electron chi connectivity index (χ1n) is 4.85. The molecule has 0 bridgehead atoms. The molecule has 0 atom stereocenters. The minimum atomic E-state index is 0.110. The van der Waals surface area contributed by atoms with E-state index in [4.69, 9.17) is 0 Å². The summed E-state index contributed by atoms with van der Waals surface area (Å²) < 4.78 is 0. The Bertz CT molecular complexity index is 445. The molecule has 0 fully saturated rings. The number of carbonyl (C=O) groups excluding carboxylic acids is 1. The van der Waals surface area contributed by atoms with Crippen LogP contribution < -0.4 is 0 Å². The Morgan fingerprint density at radius 2 is 1.93 bits per heavy atom. The number of aliphatic imine (C=N–C) groups is 1. The molecular formula is C13H11NO. The maximum Gasteiger partial charge on any atom is 0.159 e. The summed E-state index contributed by atoms with van der Waals surface area (Å²) in [4.78, 5) is 15.4. The van der Waals surface area contributed by atoms with E-state index in [0.717, 1.165) is 11.3 Å². The molecular weight excluding hydrogens is 186 g/mol. The van der Waals surface area contributed by atoms with Crippen LogP contribution in [0, 0.1) is 0 Å². The van der Waals surface area contributed by atoms with Crippen molar-refractivity contribution in [2.45, 2.75) is 6.42 Å². The predicted molar refractivity (Wildman–Crippen MR) is 61.7 cm³/mol. The van der Waals surface area contributed by atoms with Gasteiger partial charge in [0, 0.05) is 18.2 Å². The van der Waals surface area contributed by atoms with Crippen molar-refractivity contribution in [2.24, 2.45) is 4.99 Å². The molecule has 2 nitrogen and oxygen atoms in total. The lowest BCUT2D eigenvalue weighted by atomic mass is 10.1. The number of carbonyl (C=O) groups is 1. The predicted octanol–water partition coefficient (Wildman–Crippen LogP) is 2.52. The average Bonchev–Trinajstić information content (AvgIpc) is 2.65. The van der Waals surface area contributed by atoms with E-state index in [1.165, 1.54) is 0 Å². The van der Waals surface area contributed by atoms with Crippen LogP contribution in [0.5, 0.6) is 0 Å². The minimum absolute atomic E-state index is 0.110. The van der Waals surface area contributed by atoms with E-state index >= 15 is 0 Å². The number of rotatable bonds is 0. The van der Waals surface area contributed by atoms with E-state index in [2.05, 4.69) is 4.99 Å². The zero-order valence-corrected chi connectivity index (χ0v) is 8.26. The van der Waals surface area contributed by atoms with E-state index in [1.54, 1.807) is 18.4 Å². The van der Waals surface area contributed by atoms with Crippen molar-refractivity contribution >= 4 is 11.5 Å². The van der Waals surface area contributed by atoms with Crippen LogP contribution >= 0.6 is 0 Å².